The molecule has 1 N–H and O–H groups in total. The summed E-state index contributed by atoms with van der Waals surface area (Å²) in [7, 11) is 1.32. The summed E-state index contributed by atoms with van der Waals surface area (Å²) in [4.78, 5) is 27.2. The van der Waals surface area contributed by atoms with Crippen LogP contribution in [0, 0.1) is 0 Å². The van der Waals surface area contributed by atoms with Gasteiger partial charge in [-0.3, -0.25) is 4.90 Å². The summed E-state index contributed by atoms with van der Waals surface area (Å²) in [5.74, 6) is 1.33. The van der Waals surface area contributed by atoms with Crippen LogP contribution in [0.4, 0.5) is 10.5 Å². The fourth-order valence-electron chi connectivity index (χ4n) is 3.41. The number of esters is 1. The maximum absolute atomic E-state index is 13.2. The molecule has 1 fully saturated rings. The van der Waals surface area contributed by atoms with Crippen molar-refractivity contribution in [3.05, 3.63) is 89.4 Å². The lowest BCUT2D eigenvalue weighted by Crippen LogP contribution is -2.45. The summed E-state index contributed by atoms with van der Waals surface area (Å²) in [5, 5.41) is 3.04. The van der Waals surface area contributed by atoms with Gasteiger partial charge in [-0.15, -0.1) is 11.8 Å². The van der Waals surface area contributed by atoms with Crippen LogP contribution < -0.4 is 10.1 Å². The lowest BCUT2D eigenvalue weighted by molar-refractivity contribution is -0.144. The number of thioether (sulfide) groups is 1. The monoisotopic (exact) mass is 468 g/mol. The SMILES string of the molecule is COC(=O)C1CSC(c2cccc(Oc3ccccc3)c2)N1C(=O)Nc1ccc(Cl)cc1. The number of halogens is 1. The van der Waals surface area contributed by atoms with Gasteiger partial charge in [0.05, 0.1) is 7.11 Å². The molecule has 3 aromatic rings. The minimum absolute atomic E-state index is 0.384. The van der Waals surface area contributed by atoms with Crippen molar-refractivity contribution in [3.63, 3.8) is 0 Å². The molecule has 1 saturated heterocycles. The first-order valence-electron chi connectivity index (χ1n) is 9.92. The molecule has 1 heterocycles. The summed E-state index contributed by atoms with van der Waals surface area (Å²) in [5.41, 5.74) is 1.43. The summed E-state index contributed by atoms with van der Waals surface area (Å²) in [6.07, 6.45) is 0. The van der Waals surface area contributed by atoms with E-state index in [4.69, 9.17) is 21.1 Å². The second-order valence-electron chi connectivity index (χ2n) is 7.06. The molecule has 3 aromatic carbocycles. The van der Waals surface area contributed by atoms with Crippen LogP contribution in [0.25, 0.3) is 0 Å². The van der Waals surface area contributed by atoms with Crippen LogP contribution in [0.5, 0.6) is 11.5 Å². The van der Waals surface area contributed by atoms with E-state index in [9.17, 15) is 9.59 Å². The molecule has 6 nitrogen and oxygen atoms in total. The van der Waals surface area contributed by atoms with Crippen molar-refractivity contribution >= 4 is 41.1 Å². The molecule has 1 aliphatic heterocycles. The molecular weight excluding hydrogens is 448 g/mol. The largest absolute Gasteiger partial charge is 0.467 e. The van der Waals surface area contributed by atoms with Crippen molar-refractivity contribution in [2.24, 2.45) is 0 Å². The third kappa shape index (κ3) is 5.00. The summed E-state index contributed by atoms with van der Waals surface area (Å²) in [6.45, 7) is 0. The van der Waals surface area contributed by atoms with Gasteiger partial charge in [0, 0.05) is 16.5 Å². The first kappa shape index (κ1) is 22.0. The molecule has 2 atom stereocenters. The lowest BCUT2D eigenvalue weighted by Gasteiger charge is -2.28. The number of rotatable bonds is 5. The van der Waals surface area contributed by atoms with Crippen molar-refractivity contribution in [2.45, 2.75) is 11.4 Å². The standard InChI is InChI=1S/C24H21ClN2O4S/c1-30-23(28)21-15-32-22(27(21)24(29)26-18-12-10-17(25)11-13-18)16-6-5-9-20(14-16)31-19-7-3-2-4-8-19/h2-14,21-22H,15H2,1H3,(H,26,29). The zero-order valence-corrected chi connectivity index (χ0v) is 18.8. The summed E-state index contributed by atoms with van der Waals surface area (Å²) in [6, 6.07) is 22.7. The topological polar surface area (TPSA) is 67.9 Å². The number of ether oxygens (including phenoxy) is 2. The molecule has 4 rings (SSSR count). The summed E-state index contributed by atoms with van der Waals surface area (Å²) >= 11 is 7.43. The molecule has 0 spiro atoms. The van der Waals surface area contributed by atoms with Crippen molar-refractivity contribution in [1.82, 2.24) is 4.90 Å². The van der Waals surface area contributed by atoms with Crippen LogP contribution in [0.3, 0.4) is 0 Å². The Balaban J connectivity index is 1.60. The van der Waals surface area contributed by atoms with E-state index >= 15 is 0 Å². The van der Waals surface area contributed by atoms with E-state index < -0.39 is 18.0 Å². The van der Waals surface area contributed by atoms with E-state index in [0.29, 0.717) is 28.0 Å². The Kier molecular flexibility index (Phi) is 6.87. The zero-order valence-electron chi connectivity index (χ0n) is 17.2. The van der Waals surface area contributed by atoms with Gasteiger partial charge >= 0.3 is 12.0 Å². The van der Waals surface area contributed by atoms with Crippen molar-refractivity contribution in [2.75, 3.05) is 18.2 Å². The van der Waals surface area contributed by atoms with Gasteiger partial charge in [0.1, 0.15) is 22.9 Å². The fourth-order valence-corrected chi connectivity index (χ4v) is 4.94. The van der Waals surface area contributed by atoms with Gasteiger partial charge in [-0.2, -0.15) is 0 Å². The van der Waals surface area contributed by atoms with Crippen molar-refractivity contribution in [3.8, 4) is 11.5 Å². The van der Waals surface area contributed by atoms with Crippen LogP contribution in [0.15, 0.2) is 78.9 Å². The number of nitrogens with one attached hydrogen (secondary N) is 1. The molecule has 2 amide bonds. The van der Waals surface area contributed by atoms with Crippen molar-refractivity contribution < 1.29 is 19.1 Å². The lowest BCUT2D eigenvalue weighted by atomic mass is 10.1. The zero-order chi connectivity index (χ0) is 22.5. The van der Waals surface area contributed by atoms with Crippen molar-refractivity contribution in [1.29, 1.82) is 0 Å². The number of benzene rings is 3. The highest BCUT2D eigenvalue weighted by atomic mass is 35.5. The number of anilines is 1. The molecule has 0 radical (unpaired) electrons. The number of urea groups is 1. The number of carbonyl (C=O) groups excluding carboxylic acids is 2. The van der Waals surface area contributed by atoms with Crippen LogP contribution >= 0.6 is 23.4 Å². The average molecular weight is 469 g/mol. The molecule has 32 heavy (non-hydrogen) atoms. The minimum atomic E-state index is -0.707. The molecule has 0 saturated carbocycles. The second kappa shape index (κ2) is 9.97. The smallest absolute Gasteiger partial charge is 0.329 e. The average Bonchev–Trinajstić information content (AvgIpc) is 3.26. The van der Waals surface area contributed by atoms with Gasteiger partial charge < -0.3 is 14.8 Å². The van der Waals surface area contributed by atoms with Gasteiger partial charge in [0.2, 0.25) is 0 Å². The van der Waals surface area contributed by atoms with Gasteiger partial charge in [0.15, 0.2) is 0 Å². The Labute approximate surface area is 195 Å². The first-order valence-corrected chi connectivity index (χ1v) is 11.3. The van der Waals surface area contributed by atoms with Gasteiger partial charge in [-0.25, -0.2) is 9.59 Å². The second-order valence-corrected chi connectivity index (χ2v) is 8.61. The Hall–Kier alpha value is -3.16. The van der Waals surface area contributed by atoms with Gasteiger partial charge in [-0.05, 0) is 54.1 Å². The van der Waals surface area contributed by atoms with E-state index in [-0.39, 0.29) is 5.37 Å². The highest BCUT2D eigenvalue weighted by molar-refractivity contribution is 7.99. The Morgan fingerprint density at radius 1 is 1.00 bits per heavy atom. The van der Waals surface area contributed by atoms with E-state index in [2.05, 4.69) is 5.32 Å². The number of hydrogen-bond donors (Lipinski definition) is 1. The third-order valence-corrected chi connectivity index (χ3v) is 6.50. The molecule has 0 aromatic heterocycles. The van der Waals surface area contributed by atoms with E-state index in [0.717, 1.165) is 5.56 Å². The summed E-state index contributed by atoms with van der Waals surface area (Å²) < 4.78 is 10.9. The predicted octanol–water partition coefficient (Wildman–Crippen LogP) is 5.95. The highest BCUT2D eigenvalue weighted by Crippen LogP contribution is 2.43. The Morgan fingerprint density at radius 2 is 1.72 bits per heavy atom. The number of hydrogen-bond acceptors (Lipinski definition) is 5. The van der Waals surface area contributed by atoms with Crippen LogP contribution in [-0.2, 0) is 9.53 Å². The molecule has 0 bridgehead atoms. The molecule has 1 aliphatic rings. The molecular formula is C24H21ClN2O4S. The number of para-hydroxylation sites is 1. The minimum Gasteiger partial charge on any atom is -0.467 e. The van der Waals surface area contributed by atoms with Gasteiger partial charge in [-0.1, -0.05) is 41.9 Å². The molecule has 0 aliphatic carbocycles. The number of methoxy groups -OCH3 is 1. The molecule has 164 valence electrons. The Morgan fingerprint density at radius 3 is 2.44 bits per heavy atom. The molecule has 8 heteroatoms. The quantitative estimate of drug-likeness (QED) is 0.468. The highest BCUT2D eigenvalue weighted by Gasteiger charge is 2.43. The van der Waals surface area contributed by atoms with Crippen LogP contribution in [-0.4, -0.2) is 35.8 Å². The number of carbonyl (C=O) groups is 2. The Bertz CT molecular complexity index is 1090. The normalized spacial score (nSPS) is 17.6. The number of amides is 2. The first-order chi connectivity index (χ1) is 15.5. The van der Waals surface area contributed by atoms with E-state index in [1.165, 1.54) is 23.8 Å². The van der Waals surface area contributed by atoms with E-state index in [1.807, 2.05) is 54.6 Å². The maximum atomic E-state index is 13.2. The van der Waals surface area contributed by atoms with Gasteiger partial charge in [0.25, 0.3) is 0 Å². The van der Waals surface area contributed by atoms with E-state index in [1.54, 1.807) is 24.3 Å². The third-order valence-electron chi connectivity index (χ3n) is 4.93. The number of nitrogens with zero attached hydrogens (tertiary/aromatic N) is 1. The van der Waals surface area contributed by atoms with Crippen LogP contribution in [0.2, 0.25) is 5.02 Å². The predicted molar refractivity (Wildman–Crippen MR) is 126 cm³/mol. The maximum Gasteiger partial charge on any atom is 0.329 e. The molecule has 2 unspecified atom stereocenters. The fraction of sp³-hybridized carbons (Fsp3) is 0.167. The van der Waals surface area contributed by atoms with Crippen LogP contribution in [0.1, 0.15) is 10.9 Å².